The van der Waals surface area contributed by atoms with Crippen LogP contribution in [0.2, 0.25) is 5.02 Å². The van der Waals surface area contributed by atoms with Crippen LogP contribution in [0.25, 0.3) is 0 Å². The lowest BCUT2D eigenvalue weighted by Crippen LogP contribution is -2.38. The topological polar surface area (TPSA) is 51.7 Å². The number of ether oxygens (including phenoxy) is 2. The molecular formula is C21H23ClN2O3. The highest BCUT2D eigenvalue weighted by molar-refractivity contribution is 6.30. The summed E-state index contributed by atoms with van der Waals surface area (Å²) < 4.78 is 11.0. The van der Waals surface area contributed by atoms with E-state index in [4.69, 9.17) is 21.1 Å². The molecule has 1 aromatic carbocycles. The molecule has 1 saturated heterocycles. The molecule has 0 amide bonds. The maximum atomic E-state index is 12.5. The molecule has 0 N–H and O–H groups in total. The fourth-order valence-electron chi connectivity index (χ4n) is 3.68. The number of esters is 1. The number of hydrogen-bond acceptors (Lipinski definition) is 5. The molecule has 2 aromatic rings. The van der Waals surface area contributed by atoms with Gasteiger partial charge in [-0.25, -0.2) is 4.98 Å². The second-order valence-corrected chi connectivity index (χ2v) is 7.62. The van der Waals surface area contributed by atoms with Gasteiger partial charge in [0.1, 0.15) is 17.7 Å². The van der Waals surface area contributed by atoms with Crippen molar-refractivity contribution in [1.29, 1.82) is 0 Å². The highest BCUT2D eigenvalue weighted by atomic mass is 35.5. The molecule has 4 rings (SSSR count). The van der Waals surface area contributed by atoms with Crippen molar-refractivity contribution < 1.29 is 14.3 Å². The normalized spacial score (nSPS) is 22.4. The van der Waals surface area contributed by atoms with E-state index in [0.29, 0.717) is 5.02 Å². The number of hydrogen-bond donors (Lipinski definition) is 0. The zero-order valence-electron chi connectivity index (χ0n) is 15.3. The first-order chi connectivity index (χ1) is 13.1. The van der Waals surface area contributed by atoms with Crippen LogP contribution in [-0.2, 0) is 9.53 Å². The van der Waals surface area contributed by atoms with Gasteiger partial charge < -0.3 is 14.4 Å². The van der Waals surface area contributed by atoms with E-state index < -0.39 is 0 Å². The highest BCUT2D eigenvalue weighted by Gasteiger charge is 2.46. The lowest BCUT2D eigenvalue weighted by molar-refractivity contribution is -0.151. The van der Waals surface area contributed by atoms with Crippen LogP contribution in [0.4, 0.5) is 5.82 Å². The maximum absolute atomic E-state index is 12.5. The molecule has 2 atom stereocenters. The quantitative estimate of drug-likeness (QED) is 0.725. The third-order valence-electron chi connectivity index (χ3n) is 5.40. The van der Waals surface area contributed by atoms with Gasteiger partial charge in [0.25, 0.3) is 0 Å². The van der Waals surface area contributed by atoms with Gasteiger partial charge >= 0.3 is 5.97 Å². The van der Waals surface area contributed by atoms with E-state index >= 15 is 0 Å². The molecule has 1 aromatic heterocycles. The van der Waals surface area contributed by atoms with Crippen LogP contribution >= 0.6 is 11.6 Å². The number of halogens is 1. The van der Waals surface area contributed by atoms with E-state index in [1.54, 1.807) is 13.3 Å². The smallest absolute Gasteiger partial charge is 0.309 e. The summed E-state index contributed by atoms with van der Waals surface area (Å²) in [6.45, 7) is 1.66. The molecule has 0 spiro atoms. The van der Waals surface area contributed by atoms with Crippen molar-refractivity contribution >= 4 is 23.4 Å². The number of nitrogens with zero attached hydrogens (tertiary/aromatic N) is 2. The Morgan fingerprint density at radius 1 is 1.15 bits per heavy atom. The van der Waals surface area contributed by atoms with Crippen molar-refractivity contribution in [1.82, 2.24) is 4.98 Å². The van der Waals surface area contributed by atoms with Gasteiger partial charge in [0.05, 0.1) is 18.1 Å². The minimum absolute atomic E-state index is 0.00170. The minimum atomic E-state index is -0.0566. The third kappa shape index (κ3) is 4.19. The minimum Gasteiger partial charge on any atom is -0.497 e. The predicted octanol–water partition coefficient (Wildman–Crippen LogP) is 4.06. The van der Waals surface area contributed by atoms with Crippen molar-refractivity contribution in [2.24, 2.45) is 5.92 Å². The van der Waals surface area contributed by atoms with Crippen LogP contribution < -0.4 is 9.64 Å². The Hall–Kier alpha value is -2.27. The zero-order chi connectivity index (χ0) is 18.8. The molecule has 2 fully saturated rings. The molecule has 142 valence electrons. The summed E-state index contributed by atoms with van der Waals surface area (Å²) in [7, 11) is 1.65. The van der Waals surface area contributed by atoms with Crippen LogP contribution in [0.5, 0.6) is 5.75 Å². The largest absolute Gasteiger partial charge is 0.497 e. The summed E-state index contributed by atoms with van der Waals surface area (Å²) in [6, 6.07) is 11.7. The molecule has 1 aliphatic heterocycles. The van der Waals surface area contributed by atoms with Crippen LogP contribution in [0.15, 0.2) is 42.6 Å². The van der Waals surface area contributed by atoms with E-state index in [1.807, 2.05) is 36.4 Å². The Kier molecular flexibility index (Phi) is 5.21. The number of methoxy groups -OCH3 is 1. The van der Waals surface area contributed by atoms with Crippen LogP contribution in [0.1, 0.15) is 30.7 Å². The van der Waals surface area contributed by atoms with E-state index in [9.17, 15) is 4.79 Å². The number of aromatic nitrogens is 1. The molecule has 0 bridgehead atoms. The van der Waals surface area contributed by atoms with E-state index in [2.05, 4.69) is 9.88 Å². The maximum Gasteiger partial charge on any atom is 0.309 e. The summed E-state index contributed by atoms with van der Waals surface area (Å²) in [5.41, 5.74) is 1.18. The molecule has 1 aliphatic carbocycles. The first-order valence-corrected chi connectivity index (χ1v) is 9.73. The molecular weight excluding hydrogens is 364 g/mol. The van der Waals surface area contributed by atoms with E-state index in [1.165, 1.54) is 5.56 Å². The van der Waals surface area contributed by atoms with E-state index in [-0.39, 0.29) is 23.9 Å². The predicted molar refractivity (Wildman–Crippen MR) is 104 cm³/mol. The average Bonchev–Trinajstić information content (AvgIpc) is 3.50. The number of benzene rings is 1. The first-order valence-electron chi connectivity index (χ1n) is 9.35. The summed E-state index contributed by atoms with van der Waals surface area (Å²) >= 11 is 5.89. The SMILES string of the molecule is COc1ccc(C2CC2C(=O)OC2CCN(c3ccc(Cl)cn3)CC2)cc1. The Balaban J connectivity index is 1.26. The van der Waals surface area contributed by atoms with Crippen molar-refractivity contribution in [2.45, 2.75) is 31.3 Å². The van der Waals surface area contributed by atoms with Gasteiger partial charge in [-0.15, -0.1) is 0 Å². The van der Waals surface area contributed by atoms with Crippen molar-refractivity contribution in [3.63, 3.8) is 0 Å². The van der Waals surface area contributed by atoms with Crippen molar-refractivity contribution in [2.75, 3.05) is 25.1 Å². The molecule has 1 saturated carbocycles. The van der Waals surface area contributed by atoms with Gasteiger partial charge in [0.15, 0.2) is 0 Å². The summed E-state index contributed by atoms with van der Waals surface area (Å²) in [5, 5.41) is 0.637. The number of piperidine rings is 1. The molecule has 5 nitrogen and oxygen atoms in total. The Morgan fingerprint density at radius 3 is 2.52 bits per heavy atom. The van der Waals surface area contributed by atoms with Crippen LogP contribution in [-0.4, -0.2) is 37.3 Å². The number of rotatable bonds is 5. The zero-order valence-corrected chi connectivity index (χ0v) is 16.1. The van der Waals surface area contributed by atoms with Crippen molar-refractivity contribution in [3.05, 3.63) is 53.2 Å². The molecule has 27 heavy (non-hydrogen) atoms. The van der Waals surface area contributed by atoms with Gasteiger partial charge in [-0.05, 0) is 42.2 Å². The summed E-state index contributed by atoms with van der Waals surface area (Å²) in [5.74, 6) is 1.97. The second kappa shape index (κ2) is 7.77. The Bertz CT molecular complexity index is 786. The van der Waals surface area contributed by atoms with Gasteiger partial charge in [-0.1, -0.05) is 23.7 Å². The molecule has 2 heterocycles. The van der Waals surface area contributed by atoms with Gasteiger partial charge in [0, 0.05) is 32.1 Å². The van der Waals surface area contributed by atoms with Crippen molar-refractivity contribution in [3.8, 4) is 5.75 Å². The van der Waals surface area contributed by atoms with Gasteiger partial charge in [-0.2, -0.15) is 0 Å². The fourth-order valence-corrected chi connectivity index (χ4v) is 3.80. The van der Waals surface area contributed by atoms with Gasteiger partial charge in [0.2, 0.25) is 0 Å². The van der Waals surface area contributed by atoms with E-state index in [0.717, 1.165) is 43.9 Å². The van der Waals surface area contributed by atoms with Crippen LogP contribution in [0.3, 0.4) is 0 Å². The monoisotopic (exact) mass is 386 g/mol. The van der Waals surface area contributed by atoms with Gasteiger partial charge in [-0.3, -0.25) is 4.79 Å². The lowest BCUT2D eigenvalue weighted by atomic mass is 10.1. The number of carbonyl (C=O) groups is 1. The number of anilines is 1. The first kappa shape index (κ1) is 18.1. The second-order valence-electron chi connectivity index (χ2n) is 7.18. The standard InChI is InChI=1S/C21H23ClN2O3/c1-26-16-5-2-14(3-6-16)18-12-19(18)21(25)27-17-8-10-24(11-9-17)20-7-4-15(22)13-23-20/h2-7,13,17-19H,8-12H2,1H3. The lowest BCUT2D eigenvalue weighted by Gasteiger charge is -2.32. The molecule has 2 aliphatic rings. The summed E-state index contributed by atoms with van der Waals surface area (Å²) in [6.07, 6.45) is 4.19. The number of pyridine rings is 1. The highest BCUT2D eigenvalue weighted by Crippen LogP contribution is 2.48. The fraction of sp³-hybridized carbons (Fsp3) is 0.429. The molecule has 2 unspecified atom stereocenters. The average molecular weight is 387 g/mol. The van der Waals surface area contributed by atoms with Crippen LogP contribution in [0, 0.1) is 5.92 Å². The molecule has 6 heteroatoms. The Labute approximate surface area is 164 Å². The third-order valence-corrected chi connectivity index (χ3v) is 5.62. The number of carbonyl (C=O) groups excluding carboxylic acids is 1. The Morgan fingerprint density at radius 2 is 1.89 bits per heavy atom. The summed E-state index contributed by atoms with van der Waals surface area (Å²) in [4.78, 5) is 19.0. The molecule has 0 radical (unpaired) electrons.